The first-order valence-corrected chi connectivity index (χ1v) is 8.09. The molecular formula is C20H22N2O. The van der Waals surface area contributed by atoms with Crippen LogP contribution in [0.2, 0.25) is 0 Å². The molecule has 23 heavy (non-hydrogen) atoms. The van der Waals surface area contributed by atoms with Crippen molar-refractivity contribution in [1.29, 1.82) is 0 Å². The molecule has 1 heterocycles. The van der Waals surface area contributed by atoms with E-state index in [-0.39, 0.29) is 5.91 Å². The number of likely N-dealkylation sites (tertiary alicyclic amines) is 1. The maximum Gasteiger partial charge on any atom is 0.253 e. The maximum atomic E-state index is 12.7. The molecule has 1 atom stereocenters. The van der Waals surface area contributed by atoms with Crippen molar-refractivity contribution in [3.8, 4) is 0 Å². The minimum atomic E-state index is 0.111. The van der Waals surface area contributed by atoms with Crippen molar-refractivity contribution in [3.05, 3.63) is 72.3 Å². The zero-order valence-corrected chi connectivity index (χ0v) is 13.2. The summed E-state index contributed by atoms with van der Waals surface area (Å²) < 4.78 is 0. The number of hydrogen-bond donors (Lipinski definition) is 1. The molecule has 1 N–H and O–H groups in total. The number of amides is 1. The molecule has 3 rings (SSSR count). The van der Waals surface area contributed by atoms with Gasteiger partial charge in [-0.2, -0.15) is 0 Å². The number of hydrogen-bond acceptors (Lipinski definition) is 2. The molecule has 1 fully saturated rings. The first-order chi connectivity index (χ1) is 11.3. The minimum absolute atomic E-state index is 0.111. The van der Waals surface area contributed by atoms with E-state index in [0.29, 0.717) is 6.04 Å². The fourth-order valence-electron chi connectivity index (χ4n) is 2.99. The lowest BCUT2D eigenvalue weighted by Crippen LogP contribution is -2.45. The summed E-state index contributed by atoms with van der Waals surface area (Å²) in [4.78, 5) is 14.6. The highest BCUT2D eigenvalue weighted by Crippen LogP contribution is 2.18. The van der Waals surface area contributed by atoms with Gasteiger partial charge in [0.25, 0.3) is 5.91 Å². The van der Waals surface area contributed by atoms with Gasteiger partial charge in [0, 0.05) is 30.4 Å². The number of nitrogens with zero attached hydrogens (tertiary/aromatic N) is 1. The van der Waals surface area contributed by atoms with E-state index >= 15 is 0 Å². The summed E-state index contributed by atoms with van der Waals surface area (Å²) in [6.45, 7) is 5.32. The second-order valence-corrected chi connectivity index (χ2v) is 5.93. The highest BCUT2D eigenvalue weighted by Gasteiger charge is 2.24. The van der Waals surface area contributed by atoms with Gasteiger partial charge in [-0.1, -0.05) is 43.0 Å². The molecule has 0 spiro atoms. The van der Waals surface area contributed by atoms with Crippen molar-refractivity contribution in [2.24, 2.45) is 0 Å². The third kappa shape index (κ3) is 3.81. The maximum absolute atomic E-state index is 12.7. The Kier molecular flexibility index (Phi) is 4.77. The van der Waals surface area contributed by atoms with Gasteiger partial charge in [-0.05, 0) is 42.7 Å². The molecule has 0 unspecified atom stereocenters. The summed E-state index contributed by atoms with van der Waals surface area (Å²) in [7, 11) is 0. The predicted molar refractivity (Wildman–Crippen MR) is 95.5 cm³/mol. The van der Waals surface area contributed by atoms with Crippen LogP contribution in [0.25, 0.3) is 6.08 Å². The van der Waals surface area contributed by atoms with E-state index < -0.39 is 0 Å². The molecular weight excluding hydrogens is 284 g/mol. The second-order valence-electron chi connectivity index (χ2n) is 5.93. The highest BCUT2D eigenvalue weighted by molar-refractivity contribution is 5.94. The van der Waals surface area contributed by atoms with Crippen molar-refractivity contribution in [3.63, 3.8) is 0 Å². The number of piperidine rings is 1. The molecule has 0 aromatic heterocycles. The van der Waals surface area contributed by atoms with Crippen LogP contribution >= 0.6 is 0 Å². The average Bonchev–Trinajstić information content (AvgIpc) is 2.62. The van der Waals surface area contributed by atoms with Gasteiger partial charge in [-0.3, -0.25) is 4.79 Å². The van der Waals surface area contributed by atoms with Crippen molar-refractivity contribution < 1.29 is 4.79 Å². The normalized spacial score (nSPS) is 17.6. The smallest absolute Gasteiger partial charge is 0.253 e. The van der Waals surface area contributed by atoms with Crippen LogP contribution in [-0.4, -0.2) is 29.9 Å². The molecule has 0 saturated carbocycles. The lowest BCUT2D eigenvalue weighted by molar-refractivity contribution is 0.0715. The Morgan fingerprint density at radius 3 is 2.57 bits per heavy atom. The first kappa shape index (κ1) is 15.3. The summed E-state index contributed by atoms with van der Waals surface area (Å²) in [5.74, 6) is 0.111. The summed E-state index contributed by atoms with van der Waals surface area (Å²) >= 11 is 0. The van der Waals surface area contributed by atoms with E-state index in [0.717, 1.165) is 42.7 Å². The second kappa shape index (κ2) is 7.14. The molecule has 2 aromatic carbocycles. The number of carbonyl (C=O) groups is 1. The Morgan fingerprint density at radius 1 is 1.13 bits per heavy atom. The van der Waals surface area contributed by atoms with Crippen LogP contribution in [0, 0.1) is 0 Å². The predicted octanol–water partition coefficient (Wildman–Crippen LogP) is 4.05. The van der Waals surface area contributed by atoms with Gasteiger partial charge in [0.1, 0.15) is 0 Å². The molecule has 1 aliphatic heterocycles. The fourth-order valence-corrected chi connectivity index (χ4v) is 2.99. The zero-order valence-electron chi connectivity index (χ0n) is 13.2. The molecule has 1 saturated heterocycles. The van der Waals surface area contributed by atoms with Crippen LogP contribution in [0.3, 0.4) is 0 Å². The molecule has 3 heteroatoms. The van der Waals surface area contributed by atoms with Crippen molar-refractivity contribution >= 4 is 17.7 Å². The third-order valence-electron chi connectivity index (χ3n) is 4.25. The van der Waals surface area contributed by atoms with Gasteiger partial charge in [0.05, 0.1) is 0 Å². The molecule has 2 aromatic rings. The molecule has 3 nitrogen and oxygen atoms in total. The van der Waals surface area contributed by atoms with Crippen LogP contribution in [0.15, 0.2) is 61.2 Å². The zero-order chi connectivity index (χ0) is 16.1. The van der Waals surface area contributed by atoms with Crippen molar-refractivity contribution in [2.45, 2.75) is 18.9 Å². The van der Waals surface area contributed by atoms with Crippen LogP contribution in [0.5, 0.6) is 0 Å². The number of carbonyl (C=O) groups excluding carboxylic acids is 1. The number of rotatable bonds is 4. The number of benzene rings is 2. The minimum Gasteiger partial charge on any atom is -0.381 e. The van der Waals surface area contributed by atoms with E-state index in [2.05, 4.69) is 24.0 Å². The Balaban J connectivity index is 1.65. The summed E-state index contributed by atoms with van der Waals surface area (Å²) in [5, 5.41) is 3.53. The Hall–Kier alpha value is -2.55. The van der Waals surface area contributed by atoms with Gasteiger partial charge in [0.15, 0.2) is 0 Å². The average molecular weight is 306 g/mol. The lowest BCUT2D eigenvalue weighted by atomic mass is 10.0. The van der Waals surface area contributed by atoms with Crippen LogP contribution in [-0.2, 0) is 0 Å². The van der Waals surface area contributed by atoms with Crippen LogP contribution in [0.1, 0.15) is 28.8 Å². The Bertz CT molecular complexity index is 664. The quantitative estimate of drug-likeness (QED) is 0.924. The van der Waals surface area contributed by atoms with E-state index in [9.17, 15) is 4.79 Å². The Morgan fingerprint density at radius 2 is 1.87 bits per heavy atom. The molecule has 0 bridgehead atoms. The van der Waals surface area contributed by atoms with E-state index in [1.165, 1.54) is 0 Å². The number of nitrogens with one attached hydrogen (secondary N) is 1. The number of para-hydroxylation sites is 1. The lowest BCUT2D eigenvalue weighted by Gasteiger charge is -2.33. The van der Waals surface area contributed by atoms with E-state index in [1.807, 2.05) is 47.4 Å². The first-order valence-electron chi connectivity index (χ1n) is 8.09. The van der Waals surface area contributed by atoms with Crippen LogP contribution < -0.4 is 5.32 Å². The number of anilines is 1. The van der Waals surface area contributed by atoms with Crippen molar-refractivity contribution in [2.75, 3.05) is 18.4 Å². The standard InChI is InChI=1S/C20H22N2O/c1-2-16-10-12-17(13-11-16)20(23)22-14-6-9-19(15-22)21-18-7-4-3-5-8-18/h2-5,7-8,10-13,19,21H,1,6,9,14-15H2/t19-/m1/s1. The van der Waals surface area contributed by atoms with Crippen molar-refractivity contribution in [1.82, 2.24) is 4.90 Å². The fraction of sp³-hybridized carbons (Fsp3) is 0.250. The monoisotopic (exact) mass is 306 g/mol. The van der Waals surface area contributed by atoms with Gasteiger partial charge in [-0.15, -0.1) is 0 Å². The summed E-state index contributed by atoms with van der Waals surface area (Å²) in [5.41, 5.74) is 2.89. The molecule has 118 valence electrons. The van der Waals surface area contributed by atoms with Gasteiger partial charge in [0.2, 0.25) is 0 Å². The van der Waals surface area contributed by atoms with E-state index in [1.54, 1.807) is 6.08 Å². The van der Waals surface area contributed by atoms with Gasteiger partial charge < -0.3 is 10.2 Å². The largest absolute Gasteiger partial charge is 0.381 e. The molecule has 0 aliphatic carbocycles. The van der Waals surface area contributed by atoms with E-state index in [4.69, 9.17) is 0 Å². The molecule has 1 amide bonds. The Labute approximate surface area is 137 Å². The topological polar surface area (TPSA) is 32.3 Å². The SMILES string of the molecule is C=Cc1ccc(C(=O)N2CCC[C@@H](Nc3ccccc3)C2)cc1. The molecule has 1 aliphatic rings. The van der Waals surface area contributed by atoms with Crippen LogP contribution in [0.4, 0.5) is 5.69 Å². The third-order valence-corrected chi connectivity index (χ3v) is 4.25. The summed E-state index contributed by atoms with van der Waals surface area (Å²) in [6.07, 6.45) is 3.91. The van der Waals surface area contributed by atoms with Gasteiger partial charge >= 0.3 is 0 Å². The molecule has 0 radical (unpaired) electrons. The van der Waals surface area contributed by atoms with Gasteiger partial charge in [-0.25, -0.2) is 0 Å². The summed E-state index contributed by atoms with van der Waals surface area (Å²) in [6, 6.07) is 18.1. The highest BCUT2D eigenvalue weighted by atomic mass is 16.2.